The number of carbonyl (C=O) groups is 1. The molecule has 6 heteroatoms. The number of nitrogens with one attached hydrogen (secondary N) is 1. The zero-order chi connectivity index (χ0) is 15.6. The third-order valence-electron chi connectivity index (χ3n) is 5.11. The van der Waals surface area contributed by atoms with Crippen LogP contribution in [0.25, 0.3) is 0 Å². The summed E-state index contributed by atoms with van der Waals surface area (Å²) in [5.74, 6) is 1.62. The van der Waals surface area contributed by atoms with Gasteiger partial charge < -0.3 is 15.0 Å². The highest BCUT2D eigenvalue weighted by Crippen LogP contribution is 2.26. The van der Waals surface area contributed by atoms with E-state index in [2.05, 4.69) is 26.5 Å². The summed E-state index contributed by atoms with van der Waals surface area (Å²) in [6.45, 7) is 3.46. The first-order valence-corrected chi connectivity index (χ1v) is 8.76. The normalized spacial score (nSPS) is 23.7. The van der Waals surface area contributed by atoms with Crippen molar-refractivity contribution in [1.82, 2.24) is 15.5 Å². The molecule has 3 aliphatic rings. The summed E-state index contributed by atoms with van der Waals surface area (Å²) in [7, 11) is 0. The van der Waals surface area contributed by atoms with E-state index in [-0.39, 0.29) is 12.0 Å². The third-order valence-corrected chi connectivity index (χ3v) is 5.11. The van der Waals surface area contributed by atoms with Crippen LogP contribution in [-0.4, -0.2) is 48.4 Å². The van der Waals surface area contributed by atoms with Gasteiger partial charge in [-0.05, 0) is 43.7 Å². The molecule has 1 aliphatic carbocycles. The molecule has 0 aromatic carbocycles. The predicted molar refractivity (Wildman–Crippen MR) is 86.4 cm³/mol. The molecule has 1 atom stereocenters. The Kier molecular flexibility index (Phi) is 4.16. The first-order chi connectivity index (χ1) is 11.3. The van der Waals surface area contributed by atoms with E-state index in [1.54, 1.807) is 0 Å². The molecule has 1 aromatic heterocycles. The van der Waals surface area contributed by atoms with E-state index >= 15 is 0 Å². The summed E-state index contributed by atoms with van der Waals surface area (Å²) in [5.41, 5.74) is 2.54. The maximum absolute atomic E-state index is 11.9. The Bertz CT molecular complexity index is 580. The molecule has 0 spiro atoms. The van der Waals surface area contributed by atoms with E-state index in [4.69, 9.17) is 4.74 Å². The van der Waals surface area contributed by atoms with Crippen LogP contribution in [0.1, 0.15) is 36.9 Å². The molecule has 1 amide bonds. The Balaban J connectivity index is 1.20. The maximum atomic E-state index is 11.9. The fourth-order valence-corrected chi connectivity index (χ4v) is 3.70. The molecule has 124 valence electrons. The molecule has 0 bridgehead atoms. The predicted octanol–water partition coefficient (Wildman–Crippen LogP) is 1.09. The Morgan fingerprint density at radius 3 is 3.04 bits per heavy atom. The lowest BCUT2D eigenvalue weighted by atomic mass is 10.00. The topological polar surface area (TPSA) is 67.3 Å². The maximum Gasteiger partial charge on any atom is 0.222 e. The van der Waals surface area contributed by atoms with Crippen molar-refractivity contribution in [3.05, 3.63) is 17.3 Å². The number of amides is 1. The summed E-state index contributed by atoms with van der Waals surface area (Å²) in [6, 6.07) is 2.20. The van der Waals surface area contributed by atoms with Gasteiger partial charge >= 0.3 is 0 Å². The highest BCUT2D eigenvalue weighted by atomic mass is 16.5. The van der Waals surface area contributed by atoms with Crippen molar-refractivity contribution in [2.24, 2.45) is 5.92 Å². The van der Waals surface area contributed by atoms with Crippen molar-refractivity contribution in [2.45, 2.75) is 44.6 Å². The van der Waals surface area contributed by atoms with Gasteiger partial charge in [0.15, 0.2) is 5.82 Å². The first kappa shape index (κ1) is 14.9. The molecular weight excluding hydrogens is 292 g/mol. The number of ether oxygens (including phenoxy) is 1. The van der Waals surface area contributed by atoms with Gasteiger partial charge in [0, 0.05) is 32.2 Å². The number of anilines is 1. The molecule has 2 aliphatic heterocycles. The highest BCUT2D eigenvalue weighted by Gasteiger charge is 2.29. The zero-order valence-electron chi connectivity index (χ0n) is 13.5. The van der Waals surface area contributed by atoms with Crippen molar-refractivity contribution < 1.29 is 9.53 Å². The van der Waals surface area contributed by atoms with Gasteiger partial charge in [0.2, 0.25) is 5.91 Å². The number of carbonyl (C=O) groups excluding carboxylic acids is 1. The fraction of sp³-hybridized carbons (Fsp3) is 0.706. The number of nitrogens with zero attached hydrogens (tertiary/aromatic N) is 3. The molecule has 23 heavy (non-hydrogen) atoms. The molecule has 2 fully saturated rings. The summed E-state index contributed by atoms with van der Waals surface area (Å²) >= 11 is 0. The van der Waals surface area contributed by atoms with Gasteiger partial charge in [-0.2, -0.15) is 5.10 Å². The number of hydrogen-bond donors (Lipinski definition) is 1. The van der Waals surface area contributed by atoms with Crippen molar-refractivity contribution in [1.29, 1.82) is 0 Å². The molecule has 1 aromatic rings. The summed E-state index contributed by atoms with van der Waals surface area (Å²) in [5, 5.41) is 11.7. The summed E-state index contributed by atoms with van der Waals surface area (Å²) in [6.07, 6.45) is 6.14. The van der Waals surface area contributed by atoms with Gasteiger partial charge in [-0.1, -0.05) is 0 Å². The smallest absolute Gasteiger partial charge is 0.222 e. The quantitative estimate of drug-likeness (QED) is 0.881. The lowest BCUT2D eigenvalue weighted by Crippen LogP contribution is -2.52. The zero-order valence-corrected chi connectivity index (χ0v) is 13.5. The largest absolute Gasteiger partial charge is 0.378 e. The summed E-state index contributed by atoms with van der Waals surface area (Å²) in [4.78, 5) is 14.1. The van der Waals surface area contributed by atoms with Gasteiger partial charge in [-0.3, -0.25) is 4.79 Å². The third kappa shape index (κ3) is 3.32. The van der Waals surface area contributed by atoms with E-state index in [0.717, 1.165) is 57.7 Å². The first-order valence-electron chi connectivity index (χ1n) is 8.76. The minimum absolute atomic E-state index is 0.118. The van der Waals surface area contributed by atoms with Crippen LogP contribution < -0.4 is 10.2 Å². The van der Waals surface area contributed by atoms with Crippen LogP contribution in [-0.2, 0) is 22.4 Å². The van der Waals surface area contributed by atoms with Crippen LogP contribution in [0.2, 0.25) is 0 Å². The molecule has 2 saturated heterocycles. The van der Waals surface area contributed by atoms with Crippen LogP contribution in [0.5, 0.6) is 0 Å². The van der Waals surface area contributed by atoms with E-state index in [9.17, 15) is 4.79 Å². The average molecular weight is 316 g/mol. The van der Waals surface area contributed by atoms with Gasteiger partial charge in [-0.15, -0.1) is 5.10 Å². The summed E-state index contributed by atoms with van der Waals surface area (Å²) < 4.78 is 5.50. The van der Waals surface area contributed by atoms with E-state index in [0.29, 0.717) is 12.3 Å². The SMILES string of the molecule is O=C(CC1CCCO1)NCC1CN(c2cc3c(nn2)CCC3)C1. The number of aryl methyl sites for hydroxylation is 2. The minimum atomic E-state index is 0.118. The Hall–Kier alpha value is -1.69. The molecule has 6 nitrogen and oxygen atoms in total. The van der Waals surface area contributed by atoms with Crippen molar-refractivity contribution in [3.8, 4) is 0 Å². The Labute approximate surface area is 136 Å². The average Bonchev–Trinajstić information content (AvgIpc) is 3.16. The van der Waals surface area contributed by atoms with Gasteiger partial charge in [0.1, 0.15) is 0 Å². The van der Waals surface area contributed by atoms with E-state index < -0.39 is 0 Å². The lowest BCUT2D eigenvalue weighted by Gasteiger charge is -2.40. The fourth-order valence-electron chi connectivity index (χ4n) is 3.70. The van der Waals surface area contributed by atoms with Crippen molar-refractivity contribution in [2.75, 3.05) is 31.1 Å². The minimum Gasteiger partial charge on any atom is -0.378 e. The van der Waals surface area contributed by atoms with Crippen LogP contribution in [0, 0.1) is 5.92 Å². The standard InChI is InChI=1S/C17H24N4O2/c22-17(8-14-4-2-6-23-14)18-9-12-10-21(11-12)16-7-13-3-1-5-15(13)19-20-16/h7,12,14H,1-6,8-11H2,(H,18,22). The molecular formula is C17H24N4O2. The van der Waals surface area contributed by atoms with Crippen molar-refractivity contribution in [3.63, 3.8) is 0 Å². The van der Waals surface area contributed by atoms with Crippen molar-refractivity contribution >= 4 is 11.7 Å². The van der Waals surface area contributed by atoms with Crippen LogP contribution in [0.4, 0.5) is 5.82 Å². The van der Waals surface area contributed by atoms with Crippen LogP contribution >= 0.6 is 0 Å². The number of fused-ring (bicyclic) bond motifs is 1. The van der Waals surface area contributed by atoms with Gasteiger partial charge in [0.05, 0.1) is 18.2 Å². The van der Waals surface area contributed by atoms with Gasteiger partial charge in [-0.25, -0.2) is 0 Å². The van der Waals surface area contributed by atoms with Crippen LogP contribution in [0.3, 0.4) is 0 Å². The number of hydrogen-bond acceptors (Lipinski definition) is 5. The number of rotatable bonds is 5. The monoisotopic (exact) mass is 316 g/mol. The van der Waals surface area contributed by atoms with Crippen LogP contribution in [0.15, 0.2) is 6.07 Å². The molecule has 0 saturated carbocycles. The highest BCUT2D eigenvalue weighted by molar-refractivity contribution is 5.76. The molecule has 1 unspecified atom stereocenters. The lowest BCUT2D eigenvalue weighted by molar-refractivity contribution is -0.123. The molecule has 4 rings (SSSR count). The molecule has 3 heterocycles. The van der Waals surface area contributed by atoms with Gasteiger partial charge in [0.25, 0.3) is 0 Å². The van der Waals surface area contributed by atoms with E-state index in [1.807, 2.05) is 0 Å². The second kappa shape index (κ2) is 6.43. The second-order valence-electron chi connectivity index (χ2n) is 6.94. The molecule has 0 radical (unpaired) electrons. The number of aromatic nitrogens is 2. The Morgan fingerprint density at radius 1 is 1.30 bits per heavy atom. The Morgan fingerprint density at radius 2 is 2.22 bits per heavy atom. The second-order valence-corrected chi connectivity index (χ2v) is 6.94. The molecule has 1 N–H and O–H groups in total. The van der Waals surface area contributed by atoms with E-state index in [1.165, 1.54) is 17.7 Å².